The van der Waals surface area contributed by atoms with Crippen LogP contribution in [0.2, 0.25) is 0 Å². The Kier molecular flexibility index (Phi) is 7.16. The van der Waals surface area contributed by atoms with E-state index in [2.05, 4.69) is 21.2 Å². The molecule has 0 heterocycles. The number of rotatable bonds is 8. The standard InChI is InChI=1S/C18H21BrN2O3S/c1-2-12-20-18(22)14-21(13-15-6-4-3-5-7-15)25(23,24)17-10-8-16(19)9-11-17/h3-11H,2,12-14H2,1H3,(H,20,22). The smallest absolute Gasteiger partial charge is 0.243 e. The topological polar surface area (TPSA) is 66.5 Å². The van der Waals surface area contributed by atoms with Crippen LogP contribution in [0.25, 0.3) is 0 Å². The van der Waals surface area contributed by atoms with Crippen LogP contribution in [-0.4, -0.2) is 31.7 Å². The van der Waals surface area contributed by atoms with Crippen LogP contribution in [0.5, 0.6) is 0 Å². The zero-order chi connectivity index (χ0) is 18.3. The van der Waals surface area contributed by atoms with Gasteiger partial charge in [0.25, 0.3) is 0 Å². The van der Waals surface area contributed by atoms with Gasteiger partial charge in [-0.15, -0.1) is 0 Å². The van der Waals surface area contributed by atoms with Gasteiger partial charge in [-0.25, -0.2) is 8.42 Å². The first-order chi connectivity index (χ1) is 11.9. The fraction of sp³-hybridized carbons (Fsp3) is 0.278. The summed E-state index contributed by atoms with van der Waals surface area (Å²) in [5.41, 5.74) is 0.825. The van der Waals surface area contributed by atoms with Crippen LogP contribution in [0.15, 0.2) is 64.0 Å². The molecular weight excluding hydrogens is 404 g/mol. The minimum absolute atomic E-state index is 0.138. The summed E-state index contributed by atoms with van der Waals surface area (Å²) < 4.78 is 28.0. The number of halogens is 1. The Hall–Kier alpha value is -1.70. The number of amides is 1. The van der Waals surface area contributed by atoms with Crippen LogP contribution in [0, 0.1) is 0 Å². The minimum Gasteiger partial charge on any atom is -0.355 e. The van der Waals surface area contributed by atoms with E-state index < -0.39 is 10.0 Å². The van der Waals surface area contributed by atoms with Gasteiger partial charge < -0.3 is 5.32 Å². The highest BCUT2D eigenvalue weighted by molar-refractivity contribution is 9.10. The first kappa shape index (κ1) is 19.6. The van der Waals surface area contributed by atoms with Crippen molar-refractivity contribution < 1.29 is 13.2 Å². The van der Waals surface area contributed by atoms with Crippen molar-refractivity contribution in [3.8, 4) is 0 Å². The molecule has 2 aromatic rings. The molecule has 0 aliphatic heterocycles. The molecule has 0 spiro atoms. The Morgan fingerprint density at radius 2 is 1.72 bits per heavy atom. The number of carbonyl (C=O) groups is 1. The fourth-order valence-electron chi connectivity index (χ4n) is 2.25. The molecule has 1 amide bonds. The highest BCUT2D eigenvalue weighted by Crippen LogP contribution is 2.20. The third-order valence-corrected chi connectivity index (χ3v) is 5.88. The zero-order valence-corrected chi connectivity index (χ0v) is 16.4. The van der Waals surface area contributed by atoms with Gasteiger partial charge in [-0.1, -0.05) is 53.2 Å². The van der Waals surface area contributed by atoms with E-state index in [-0.39, 0.29) is 23.9 Å². The van der Waals surface area contributed by atoms with Crippen molar-refractivity contribution in [2.75, 3.05) is 13.1 Å². The number of hydrogen-bond donors (Lipinski definition) is 1. The van der Waals surface area contributed by atoms with E-state index in [4.69, 9.17) is 0 Å². The van der Waals surface area contributed by atoms with Crippen molar-refractivity contribution in [1.82, 2.24) is 9.62 Å². The summed E-state index contributed by atoms with van der Waals surface area (Å²) in [7, 11) is -3.78. The summed E-state index contributed by atoms with van der Waals surface area (Å²) in [6.45, 7) is 2.39. The molecule has 2 rings (SSSR count). The first-order valence-corrected chi connectivity index (χ1v) is 10.2. The minimum atomic E-state index is -3.78. The summed E-state index contributed by atoms with van der Waals surface area (Å²) >= 11 is 3.30. The van der Waals surface area contributed by atoms with Crippen LogP contribution in [0.1, 0.15) is 18.9 Å². The van der Waals surface area contributed by atoms with Gasteiger partial charge in [-0.3, -0.25) is 4.79 Å². The maximum atomic E-state index is 13.0. The molecule has 1 N–H and O–H groups in total. The highest BCUT2D eigenvalue weighted by atomic mass is 79.9. The Bertz CT molecular complexity index is 793. The number of hydrogen-bond acceptors (Lipinski definition) is 3. The lowest BCUT2D eigenvalue weighted by Gasteiger charge is -2.22. The molecule has 7 heteroatoms. The third kappa shape index (κ3) is 5.66. The average molecular weight is 425 g/mol. The molecule has 0 atom stereocenters. The van der Waals surface area contributed by atoms with Gasteiger partial charge in [-0.05, 0) is 36.2 Å². The molecule has 0 saturated heterocycles. The predicted octanol–water partition coefficient (Wildman–Crippen LogP) is 3.17. The fourth-order valence-corrected chi connectivity index (χ4v) is 3.90. The van der Waals surface area contributed by atoms with Crippen molar-refractivity contribution in [3.63, 3.8) is 0 Å². The number of benzene rings is 2. The van der Waals surface area contributed by atoms with E-state index in [1.165, 1.54) is 16.4 Å². The van der Waals surface area contributed by atoms with E-state index in [1.807, 2.05) is 37.3 Å². The molecule has 0 fully saturated rings. The van der Waals surface area contributed by atoms with Gasteiger partial charge >= 0.3 is 0 Å². The van der Waals surface area contributed by atoms with Crippen molar-refractivity contribution in [2.45, 2.75) is 24.8 Å². The van der Waals surface area contributed by atoms with Crippen LogP contribution >= 0.6 is 15.9 Å². The Balaban J connectivity index is 2.28. The average Bonchev–Trinajstić information content (AvgIpc) is 2.60. The summed E-state index contributed by atoms with van der Waals surface area (Å²) in [6.07, 6.45) is 0.796. The van der Waals surface area contributed by atoms with E-state index in [0.29, 0.717) is 6.54 Å². The van der Waals surface area contributed by atoms with Crippen molar-refractivity contribution >= 4 is 31.9 Å². The molecule has 0 aliphatic carbocycles. The van der Waals surface area contributed by atoms with Gasteiger partial charge in [-0.2, -0.15) is 4.31 Å². The van der Waals surface area contributed by atoms with Crippen molar-refractivity contribution in [2.24, 2.45) is 0 Å². The number of sulfonamides is 1. The van der Waals surface area contributed by atoms with Crippen LogP contribution in [-0.2, 0) is 21.4 Å². The second-order valence-electron chi connectivity index (χ2n) is 5.56. The van der Waals surface area contributed by atoms with Gasteiger partial charge in [0.05, 0.1) is 11.4 Å². The molecule has 0 aliphatic rings. The Morgan fingerprint density at radius 1 is 1.08 bits per heavy atom. The molecular formula is C18H21BrN2O3S. The molecule has 0 bridgehead atoms. The first-order valence-electron chi connectivity index (χ1n) is 8.00. The molecule has 5 nitrogen and oxygen atoms in total. The highest BCUT2D eigenvalue weighted by Gasteiger charge is 2.26. The van der Waals surface area contributed by atoms with Gasteiger partial charge in [0.1, 0.15) is 0 Å². The maximum absolute atomic E-state index is 13.0. The number of nitrogens with zero attached hydrogens (tertiary/aromatic N) is 1. The van der Waals surface area contributed by atoms with E-state index in [0.717, 1.165) is 16.5 Å². The largest absolute Gasteiger partial charge is 0.355 e. The molecule has 0 aromatic heterocycles. The van der Waals surface area contributed by atoms with E-state index in [1.54, 1.807) is 12.1 Å². The molecule has 0 unspecified atom stereocenters. The van der Waals surface area contributed by atoms with E-state index >= 15 is 0 Å². The summed E-state index contributed by atoms with van der Waals surface area (Å²) in [5, 5.41) is 2.73. The maximum Gasteiger partial charge on any atom is 0.243 e. The predicted molar refractivity (Wildman–Crippen MR) is 101 cm³/mol. The van der Waals surface area contributed by atoms with Crippen LogP contribution < -0.4 is 5.32 Å². The normalized spacial score (nSPS) is 11.5. The Morgan fingerprint density at radius 3 is 2.32 bits per heavy atom. The van der Waals surface area contributed by atoms with Gasteiger partial charge in [0.2, 0.25) is 15.9 Å². The summed E-state index contributed by atoms with van der Waals surface area (Å²) in [6, 6.07) is 15.6. The molecule has 25 heavy (non-hydrogen) atoms. The third-order valence-electron chi connectivity index (χ3n) is 3.55. The van der Waals surface area contributed by atoms with Gasteiger partial charge in [0.15, 0.2) is 0 Å². The molecule has 2 aromatic carbocycles. The molecule has 0 saturated carbocycles. The lowest BCUT2D eigenvalue weighted by Crippen LogP contribution is -2.40. The number of nitrogens with one attached hydrogen (secondary N) is 1. The quantitative estimate of drug-likeness (QED) is 0.707. The number of carbonyl (C=O) groups excluding carboxylic acids is 1. The van der Waals surface area contributed by atoms with Gasteiger partial charge in [0, 0.05) is 17.6 Å². The second kappa shape index (κ2) is 9.12. The van der Waals surface area contributed by atoms with Crippen LogP contribution in [0.3, 0.4) is 0 Å². The lowest BCUT2D eigenvalue weighted by molar-refractivity contribution is -0.121. The summed E-state index contributed by atoms with van der Waals surface area (Å²) in [4.78, 5) is 12.3. The van der Waals surface area contributed by atoms with Crippen LogP contribution in [0.4, 0.5) is 0 Å². The summed E-state index contributed by atoms with van der Waals surface area (Å²) in [5.74, 6) is -0.307. The second-order valence-corrected chi connectivity index (χ2v) is 8.42. The van der Waals surface area contributed by atoms with Crippen molar-refractivity contribution in [3.05, 3.63) is 64.6 Å². The SMILES string of the molecule is CCCNC(=O)CN(Cc1ccccc1)S(=O)(=O)c1ccc(Br)cc1. The van der Waals surface area contributed by atoms with Crippen molar-refractivity contribution in [1.29, 1.82) is 0 Å². The zero-order valence-electron chi connectivity index (χ0n) is 14.0. The molecule has 0 radical (unpaired) electrons. The molecule has 134 valence electrons. The lowest BCUT2D eigenvalue weighted by atomic mass is 10.2. The van der Waals surface area contributed by atoms with E-state index in [9.17, 15) is 13.2 Å². The monoisotopic (exact) mass is 424 g/mol. The Labute approximate surface area is 157 Å².